The molecular formula is C20H21N5O5S. The predicted octanol–water partition coefficient (Wildman–Crippen LogP) is 2.35. The normalized spacial score (nSPS) is 11.6. The molecule has 0 atom stereocenters. The lowest BCUT2D eigenvalue weighted by Crippen LogP contribution is -2.14. The van der Waals surface area contributed by atoms with Gasteiger partial charge in [0.15, 0.2) is 11.4 Å². The van der Waals surface area contributed by atoms with E-state index in [1.807, 2.05) is 6.20 Å². The first-order chi connectivity index (χ1) is 14.9. The van der Waals surface area contributed by atoms with Crippen molar-refractivity contribution in [2.75, 3.05) is 18.9 Å². The van der Waals surface area contributed by atoms with E-state index in [2.05, 4.69) is 15.0 Å². The molecular weight excluding hydrogens is 422 g/mol. The van der Waals surface area contributed by atoms with Crippen molar-refractivity contribution >= 4 is 26.8 Å². The number of aromatic nitrogens is 3. The van der Waals surface area contributed by atoms with Crippen molar-refractivity contribution in [1.82, 2.24) is 14.9 Å². The Morgan fingerprint density at radius 2 is 1.90 bits per heavy atom. The van der Waals surface area contributed by atoms with Crippen molar-refractivity contribution in [3.8, 4) is 11.5 Å². The highest BCUT2D eigenvalue weighted by molar-refractivity contribution is 7.92. The summed E-state index contributed by atoms with van der Waals surface area (Å²) in [5.74, 6) is 0.652. The van der Waals surface area contributed by atoms with Gasteiger partial charge in [-0.3, -0.25) is 9.40 Å². The molecule has 11 heteroatoms. The van der Waals surface area contributed by atoms with Crippen LogP contribution in [-0.4, -0.2) is 37.6 Å². The van der Waals surface area contributed by atoms with Gasteiger partial charge in [0.1, 0.15) is 21.8 Å². The Kier molecular flexibility index (Phi) is 5.53. The third-order valence-corrected chi connectivity index (χ3v) is 6.05. The maximum Gasteiger partial charge on any atom is 0.266 e. The van der Waals surface area contributed by atoms with Crippen LogP contribution in [0.25, 0.3) is 11.0 Å². The van der Waals surface area contributed by atoms with Crippen molar-refractivity contribution in [2.24, 2.45) is 5.73 Å². The highest BCUT2D eigenvalue weighted by Crippen LogP contribution is 2.35. The van der Waals surface area contributed by atoms with Gasteiger partial charge in [-0.25, -0.2) is 8.42 Å². The van der Waals surface area contributed by atoms with Crippen LogP contribution in [0, 0.1) is 0 Å². The molecule has 2 aromatic heterocycles. The molecule has 0 bridgehead atoms. The van der Waals surface area contributed by atoms with E-state index in [-0.39, 0.29) is 16.5 Å². The molecule has 162 valence electrons. The molecule has 10 nitrogen and oxygen atoms in total. The van der Waals surface area contributed by atoms with Gasteiger partial charge in [-0.1, -0.05) is 17.3 Å². The summed E-state index contributed by atoms with van der Waals surface area (Å²) in [6.07, 6.45) is 3.55. The Morgan fingerprint density at radius 3 is 2.61 bits per heavy atom. The predicted molar refractivity (Wildman–Crippen MR) is 114 cm³/mol. The molecule has 2 heterocycles. The summed E-state index contributed by atoms with van der Waals surface area (Å²) >= 11 is 0. The van der Waals surface area contributed by atoms with E-state index in [1.165, 1.54) is 20.3 Å². The van der Waals surface area contributed by atoms with E-state index in [9.17, 15) is 8.42 Å². The van der Waals surface area contributed by atoms with Crippen molar-refractivity contribution in [1.29, 1.82) is 0 Å². The number of hydrogen-bond donors (Lipinski definition) is 2. The minimum atomic E-state index is -3.98. The van der Waals surface area contributed by atoms with Gasteiger partial charge in [0.05, 0.1) is 27.0 Å². The van der Waals surface area contributed by atoms with Gasteiger partial charge in [-0.05, 0) is 29.8 Å². The summed E-state index contributed by atoms with van der Waals surface area (Å²) in [4.78, 5) is -0.0152. The summed E-state index contributed by atoms with van der Waals surface area (Å²) in [5, 5.41) is 8.59. The monoisotopic (exact) mass is 443 g/mol. The van der Waals surface area contributed by atoms with Gasteiger partial charge in [0.2, 0.25) is 0 Å². The fraction of sp³-hybridized carbons (Fsp3) is 0.200. The molecule has 0 amide bonds. The van der Waals surface area contributed by atoms with Crippen LogP contribution in [0.15, 0.2) is 58.2 Å². The third kappa shape index (κ3) is 4.05. The van der Waals surface area contributed by atoms with Gasteiger partial charge in [-0.15, -0.1) is 0 Å². The van der Waals surface area contributed by atoms with Crippen LogP contribution in [0.4, 0.5) is 5.82 Å². The lowest BCUT2D eigenvalue weighted by Gasteiger charge is -2.11. The molecule has 0 unspecified atom stereocenters. The first kappa shape index (κ1) is 20.7. The molecule has 0 aliphatic rings. The fourth-order valence-electron chi connectivity index (χ4n) is 3.22. The zero-order chi connectivity index (χ0) is 22.0. The molecule has 31 heavy (non-hydrogen) atoms. The summed E-state index contributed by atoms with van der Waals surface area (Å²) < 4.78 is 46.1. The zero-order valence-corrected chi connectivity index (χ0v) is 17.7. The first-order valence-corrected chi connectivity index (χ1v) is 10.8. The number of sulfonamides is 1. The van der Waals surface area contributed by atoms with E-state index < -0.39 is 10.0 Å². The minimum Gasteiger partial charge on any atom is -0.496 e. The average Bonchev–Trinajstić information content (AvgIpc) is 3.39. The number of fused-ring (bicyclic) bond motifs is 1. The number of benzene rings is 2. The summed E-state index contributed by atoms with van der Waals surface area (Å²) in [6, 6.07) is 9.84. The maximum atomic E-state index is 12.9. The Labute approximate surface area is 178 Å². The smallest absolute Gasteiger partial charge is 0.266 e. The van der Waals surface area contributed by atoms with Crippen molar-refractivity contribution < 1.29 is 22.4 Å². The quantitative estimate of drug-likeness (QED) is 0.424. The minimum absolute atomic E-state index is 0.0152. The lowest BCUT2D eigenvalue weighted by molar-refractivity contribution is 0.403. The van der Waals surface area contributed by atoms with Crippen LogP contribution in [0.5, 0.6) is 11.5 Å². The van der Waals surface area contributed by atoms with Crippen LogP contribution in [0.2, 0.25) is 0 Å². The topological polar surface area (TPSA) is 134 Å². The molecule has 2 aromatic carbocycles. The number of ether oxygens (including phenoxy) is 2. The molecule has 0 saturated heterocycles. The number of methoxy groups -OCH3 is 2. The van der Waals surface area contributed by atoms with Gasteiger partial charge in [-0.2, -0.15) is 5.10 Å². The average molecular weight is 443 g/mol. The van der Waals surface area contributed by atoms with Crippen molar-refractivity contribution in [3.63, 3.8) is 0 Å². The fourth-order valence-corrected chi connectivity index (χ4v) is 4.40. The number of para-hydroxylation sites is 1. The third-order valence-electron chi connectivity index (χ3n) is 4.67. The summed E-state index contributed by atoms with van der Waals surface area (Å²) in [7, 11) is -1.09. The summed E-state index contributed by atoms with van der Waals surface area (Å²) in [5.41, 5.74) is 7.76. The Balaban J connectivity index is 1.70. The van der Waals surface area contributed by atoms with Crippen LogP contribution in [-0.2, 0) is 23.1 Å². The Morgan fingerprint density at radius 1 is 1.13 bits per heavy atom. The van der Waals surface area contributed by atoms with Crippen molar-refractivity contribution in [3.05, 3.63) is 59.9 Å². The van der Waals surface area contributed by atoms with Gasteiger partial charge in [0.25, 0.3) is 10.0 Å². The lowest BCUT2D eigenvalue weighted by atomic mass is 10.1. The van der Waals surface area contributed by atoms with E-state index in [4.69, 9.17) is 19.7 Å². The van der Waals surface area contributed by atoms with E-state index in [0.29, 0.717) is 29.8 Å². The molecule has 4 aromatic rings. The van der Waals surface area contributed by atoms with Crippen LogP contribution < -0.4 is 19.9 Å². The molecule has 0 radical (unpaired) electrons. The maximum absolute atomic E-state index is 12.9. The van der Waals surface area contributed by atoms with Crippen LogP contribution >= 0.6 is 0 Å². The number of nitrogens with one attached hydrogen (secondary N) is 1. The standard InChI is InChI=1S/C20H21N5O5S/c1-28-15-5-3-4-6-18(15)31(26,27)24-20-19-16(29-2)7-13(8-17(19)30-23-20)11-25-12-14(9-21)10-22-25/h3-8,10,12H,9,11,21H2,1-2H3,(H,23,24). The van der Waals surface area contributed by atoms with E-state index in [1.54, 1.807) is 41.2 Å². The highest BCUT2D eigenvalue weighted by atomic mass is 32.2. The van der Waals surface area contributed by atoms with E-state index >= 15 is 0 Å². The Bertz CT molecular complexity index is 1330. The largest absolute Gasteiger partial charge is 0.496 e. The second-order valence-corrected chi connectivity index (χ2v) is 8.36. The van der Waals surface area contributed by atoms with Crippen LogP contribution in [0.1, 0.15) is 11.1 Å². The number of rotatable bonds is 8. The number of hydrogen-bond acceptors (Lipinski definition) is 8. The number of nitrogens with zero attached hydrogens (tertiary/aromatic N) is 3. The number of nitrogens with two attached hydrogens (primary N) is 1. The SMILES string of the molecule is COc1ccccc1S(=O)(=O)Nc1noc2cc(Cn3cc(CN)cn3)cc(OC)c12. The Hall–Kier alpha value is -3.57. The molecule has 4 rings (SSSR count). The van der Waals surface area contributed by atoms with Gasteiger partial charge in [0, 0.05) is 18.3 Å². The molecule has 0 aliphatic carbocycles. The number of anilines is 1. The molecule has 0 fully saturated rings. The molecule has 0 spiro atoms. The second kappa shape index (κ2) is 8.28. The van der Waals surface area contributed by atoms with E-state index in [0.717, 1.165) is 11.1 Å². The highest BCUT2D eigenvalue weighted by Gasteiger charge is 2.24. The summed E-state index contributed by atoms with van der Waals surface area (Å²) in [6.45, 7) is 0.857. The zero-order valence-electron chi connectivity index (χ0n) is 16.9. The van der Waals surface area contributed by atoms with Gasteiger partial charge < -0.3 is 19.7 Å². The molecule has 0 saturated carbocycles. The molecule has 3 N–H and O–H groups in total. The van der Waals surface area contributed by atoms with Crippen molar-refractivity contribution in [2.45, 2.75) is 18.0 Å². The van der Waals surface area contributed by atoms with Gasteiger partial charge >= 0.3 is 0 Å². The molecule has 0 aliphatic heterocycles. The first-order valence-electron chi connectivity index (χ1n) is 9.28. The van der Waals surface area contributed by atoms with Crippen LogP contribution in [0.3, 0.4) is 0 Å². The second-order valence-electron chi connectivity index (χ2n) is 6.71.